The van der Waals surface area contributed by atoms with E-state index >= 15 is 0 Å². The maximum absolute atomic E-state index is 11.9. The molecule has 0 aliphatic heterocycles. The van der Waals surface area contributed by atoms with E-state index in [1.54, 1.807) is 24.3 Å². The lowest BCUT2D eigenvalue weighted by Crippen LogP contribution is -2.35. The number of amides is 2. The summed E-state index contributed by atoms with van der Waals surface area (Å²) in [6, 6.07) is 11.6. The monoisotopic (exact) mass is 438 g/mol. The van der Waals surface area contributed by atoms with Gasteiger partial charge in [-0.3, -0.25) is 9.59 Å². The number of hydrogen-bond acceptors (Lipinski definition) is 4. The summed E-state index contributed by atoms with van der Waals surface area (Å²) in [6.07, 6.45) is 0. The largest absolute Gasteiger partial charge is 0.452 e. The van der Waals surface area contributed by atoms with Gasteiger partial charge in [0.25, 0.3) is 5.91 Å². The number of hydrogen-bond donors (Lipinski definition) is 2. The maximum Gasteiger partial charge on any atom is 0.338 e. The Kier molecular flexibility index (Phi) is 7.17. The van der Waals surface area contributed by atoms with Crippen molar-refractivity contribution in [2.24, 2.45) is 0 Å². The fourth-order valence-corrected chi connectivity index (χ4v) is 2.69. The lowest BCUT2D eigenvalue weighted by Gasteiger charge is -2.10. The average molecular weight is 440 g/mol. The van der Waals surface area contributed by atoms with Crippen LogP contribution >= 0.6 is 27.5 Å². The van der Waals surface area contributed by atoms with Crippen LogP contribution in [0.25, 0.3) is 0 Å². The molecule has 0 fully saturated rings. The SMILES string of the molecule is Cc1cc(Br)ccc1NC(=O)CNC(=O)COC(=O)c1cccc(Cl)c1. The quantitative estimate of drug-likeness (QED) is 0.676. The van der Waals surface area contributed by atoms with Crippen LogP contribution in [0.3, 0.4) is 0 Å². The first kappa shape index (κ1) is 19.9. The minimum atomic E-state index is -0.669. The van der Waals surface area contributed by atoms with Gasteiger partial charge in [-0.1, -0.05) is 33.6 Å². The second-order valence-corrected chi connectivity index (χ2v) is 6.72. The topological polar surface area (TPSA) is 84.5 Å². The molecule has 8 heteroatoms. The van der Waals surface area contributed by atoms with E-state index in [0.717, 1.165) is 10.0 Å². The van der Waals surface area contributed by atoms with Crippen molar-refractivity contribution in [3.8, 4) is 0 Å². The van der Waals surface area contributed by atoms with Gasteiger partial charge in [-0.2, -0.15) is 0 Å². The van der Waals surface area contributed by atoms with Crippen molar-refractivity contribution < 1.29 is 19.1 Å². The Morgan fingerprint density at radius 2 is 1.88 bits per heavy atom. The summed E-state index contributed by atoms with van der Waals surface area (Å²) >= 11 is 9.13. The lowest BCUT2D eigenvalue weighted by molar-refractivity contribution is -0.126. The highest BCUT2D eigenvalue weighted by atomic mass is 79.9. The highest BCUT2D eigenvalue weighted by Crippen LogP contribution is 2.19. The number of carbonyl (C=O) groups is 3. The molecular formula is C18H16BrClN2O4. The van der Waals surface area contributed by atoms with E-state index in [9.17, 15) is 14.4 Å². The van der Waals surface area contributed by atoms with Crippen molar-refractivity contribution in [2.75, 3.05) is 18.5 Å². The number of ether oxygens (including phenoxy) is 1. The zero-order valence-electron chi connectivity index (χ0n) is 13.8. The van der Waals surface area contributed by atoms with Gasteiger partial charge < -0.3 is 15.4 Å². The minimum Gasteiger partial charge on any atom is -0.452 e. The number of carbonyl (C=O) groups excluding carboxylic acids is 3. The minimum absolute atomic E-state index is 0.233. The van der Waals surface area contributed by atoms with Crippen LogP contribution in [0, 0.1) is 6.92 Å². The molecule has 2 rings (SSSR count). The van der Waals surface area contributed by atoms with Gasteiger partial charge in [0.1, 0.15) is 0 Å². The molecule has 2 amide bonds. The van der Waals surface area contributed by atoms with Crippen LogP contribution in [0.15, 0.2) is 46.9 Å². The third-order valence-corrected chi connectivity index (χ3v) is 4.03. The van der Waals surface area contributed by atoms with Crippen molar-refractivity contribution in [1.29, 1.82) is 0 Å². The molecule has 0 saturated carbocycles. The third-order valence-electron chi connectivity index (χ3n) is 3.30. The maximum atomic E-state index is 11.9. The molecule has 0 heterocycles. The number of esters is 1. The number of benzene rings is 2. The Bertz CT molecular complexity index is 842. The molecule has 2 N–H and O–H groups in total. The average Bonchev–Trinajstić information content (AvgIpc) is 2.60. The van der Waals surface area contributed by atoms with Crippen LogP contribution in [-0.2, 0) is 14.3 Å². The first-order chi connectivity index (χ1) is 12.3. The summed E-state index contributed by atoms with van der Waals surface area (Å²) in [7, 11) is 0. The summed E-state index contributed by atoms with van der Waals surface area (Å²) < 4.78 is 5.79. The molecule has 0 spiro atoms. The number of nitrogens with one attached hydrogen (secondary N) is 2. The molecule has 0 radical (unpaired) electrons. The molecule has 0 saturated heterocycles. The van der Waals surface area contributed by atoms with Crippen LogP contribution < -0.4 is 10.6 Å². The smallest absolute Gasteiger partial charge is 0.338 e. The number of halogens is 2. The Hall–Kier alpha value is -2.38. The number of rotatable bonds is 6. The molecular weight excluding hydrogens is 424 g/mol. The van der Waals surface area contributed by atoms with E-state index in [1.807, 2.05) is 13.0 Å². The van der Waals surface area contributed by atoms with E-state index < -0.39 is 18.5 Å². The van der Waals surface area contributed by atoms with Crippen LogP contribution in [0.4, 0.5) is 5.69 Å². The summed E-state index contributed by atoms with van der Waals surface area (Å²) in [6.45, 7) is 1.13. The molecule has 0 bridgehead atoms. The lowest BCUT2D eigenvalue weighted by atomic mass is 10.2. The molecule has 6 nitrogen and oxygen atoms in total. The fourth-order valence-electron chi connectivity index (χ4n) is 2.02. The number of anilines is 1. The van der Waals surface area contributed by atoms with E-state index in [4.69, 9.17) is 16.3 Å². The Morgan fingerprint density at radius 1 is 1.12 bits per heavy atom. The van der Waals surface area contributed by atoms with Crippen LogP contribution in [-0.4, -0.2) is 30.9 Å². The van der Waals surface area contributed by atoms with Crippen molar-refractivity contribution in [2.45, 2.75) is 6.92 Å². The molecule has 0 unspecified atom stereocenters. The highest BCUT2D eigenvalue weighted by Gasteiger charge is 2.12. The zero-order chi connectivity index (χ0) is 19.1. The standard InChI is InChI=1S/C18H16BrClN2O4/c1-11-7-13(19)5-6-15(11)22-16(23)9-21-17(24)10-26-18(25)12-3-2-4-14(20)8-12/h2-8H,9-10H2,1H3,(H,21,24)(H,22,23). The first-order valence-corrected chi connectivity index (χ1v) is 8.77. The predicted molar refractivity (Wildman–Crippen MR) is 102 cm³/mol. The third kappa shape index (κ3) is 6.16. The van der Waals surface area contributed by atoms with E-state index in [0.29, 0.717) is 10.7 Å². The van der Waals surface area contributed by atoms with Gasteiger partial charge in [0.05, 0.1) is 12.1 Å². The van der Waals surface area contributed by atoms with Gasteiger partial charge in [0.15, 0.2) is 6.61 Å². The molecule has 2 aromatic carbocycles. The molecule has 26 heavy (non-hydrogen) atoms. The molecule has 0 aliphatic rings. The van der Waals surface area contributed by atoms with E-state index in [1.165, 1.54) is 12.1 Å². The van der Waals surface area contributed by atoms with Gasteiger partial charge >= 0.3 is 5.97 Å². The Labute approximate surface area is 164 Å². The second-order valence-electron chi connectivity index (χ2n) is 5.37. The van der Waals surface area contributed by atoms with Gasteiger partial charge in [0.2, 0.25) is 5.91 Å². The summed E-state index contributed by atoms with van der Waals surface area (Å²) in [4.78, 5) is 35.4. The summed E-state index contributed by atoms with van der Waals surface area (Å²) in [5, 5.41) is 5.47. The highest BCUT2D eigenvalue weighted by molar-refractivity contribution is 9.10. The van der Waals surface area contributed by atoms with E-state index in [2.05, 4.69) is 26.6 Å². The Morgan fingerprint density at radius 3 is 2.58 bits per heavy atom. The van der Waals surface area contributed by atoms with Crippen molar-refractivity contribution in [3.05, 3.63) is 63.1 Å². The predicted octanol–water partition coefficient (Wildman–Crippen LogP) is 3.32. The molecule has 0 aromatic heterocycles. The van der Waals surface area contributed by atoms with Gasteiger partial charge in [-0.05, 0) is 48.9 Å². The van der Waals surface area contributed by atoms with Gasteiger partial charge in [0, 0.05) is 15.2 Å². The first-order valence-electron chi connectivity index (χ1n) is 7.60. The van der Waals surface area contributed by atoms with E-state index in [-0.39, 0.29) is 18.0 Å². The summed E-state index contributed by atoms with van der Waals surface area (Å²) in [5.41, 5.74) is 1.78. The van der Waals surface area contributed by atoms with Crippen LogP contribution in [0.2, 0.25) is 5.02 Å². The van der Waals surface area contributed by atoms with Gasteiger partial charge in [-0.15, -0.1) is 0 Å². The number of aryl methyl sites for hydroxylation is 1. The second kappa shape index (κ2) is 9.35. The zero-order valence-corrected chi connectivity index (χ0v) is 16.2. The van der Waals surface area contributed by atoms with Crippen molar-refractivity contribution in [3.63, 3.8) is 0 Å². The molecule has 0 aliphatic carbocycles. The molecule has 0 atom stereocenters. The Balaban J connectivity index is 1.76. The van der Waals surface area contributed by atoms with Crippen molar-refractivity contribution >= 4 is 51.0 Å². The van der Waals surface area contributed by atoms with Gasteiger partial charge in [-0.25, -0.2) is 4.79 Å². The van der Waals surface area contributed by atoms with Crippen LogP contribution in [0.5, 0.6) is 0 Å². The fraction of sp³-hybridized carbons (Fsp3) is 0.167. The normalized spacial score (nSPS) is 10.1. The van der Waals surface area contributed by atoms with Crippen LogP contribution in [0.1, 0.15) is 15.9 Å². The summed E-state index contributed by atoms with van der Waals surface area (Å²) in [5.74, 6) is -1.63. The van der Waals surface area contributed by atoms with Crippen molar-refractivity contribution in [1.82, 2.24) is 5.32 Å². The molecule has 2 aromatic rings. The molecule has 136 valence electrons.